The maximum atomic E-state index is 4.89. The molecule has 1 nitrogen and oxygen atoms in total. The summed E-state index contributed by atoms with van der Waals surface area (Å²) in [5.74, 6) is 2.32. The van der Waals surface area contributed by atoms with Crippen molar-refractivity contribution in [3.05, 3.63) is 11.8 Å². The van der Waals surface area contributed by atoms with Crippen molar-refractivity contribution in [2.75, 3.05) is 0 Å². The molecular weight excluding hydrogens is 86.1 g/mol. The second-order valence-corrected chi connectivity index (χ2v) is 1.11. The number of allylic oxidation sites excluding steroid dienone is 2. The van der Waals surface area contributed by atoms with E-state index in [4.69, 9.17) is 6.42 Å². The van der Waals surface area contributed by atoms with E-state index in [2.05, 4.69) is 17.6 Å². The van der Waals surface area contributed by atoms with Crippen molar-refractivity contribution in [3.8, 4) is 12.3 Å². The summed E-state index contributed by atoms with van der Waals surface area (Å²) in [7, 11) is 0. The SMILES string of the molecule is C#C/C=C(/C)N=C. The van der Waals surface area contributed by atoms with E-state index in [1.54, 1.807) is 13.0 Å². The largest absolute Gasteiger partial charge is 0.269 e. The van der Waals surface area contributed by atoms with Gasteiger partial charge in [0.2, 0.25) is 0 Å². The van der Waals surface area contributed by atoms with E-state index in [0.29, 0.717) is 0 Å². The lowest BCUT2D eigenvalue weighted by Gasteiger charge is -1.78. The van der Waals surface area contributed by atoms with Gasteiger partial charge in [0.15, 0.2) is 0 Å². The molecule has 0 bridgehead atoms. The quantitative estimate of drug-likeness (QED) is 0.341. The molecule has 0 amide bonds. The normalized spacial score (nSPS) is 10.0. The Morgan fingerprint density at radius 1 is 2.00 bits per heavy atom. The number of nitrogens with zero attached hydrogens (tertiary/aromatic N) is 1. The molecule has 0 heterocycles. The summed E-state index contributed by atoms with van der Waals surface area (Å²) in [6.07, 6.45) is 6.45. The molecule has 0 atom stereocenters. The lowest BCUT2D eigenvalue weighted by Crippen LogP contribution is -1.60. The van der Waals surface area contributed by atoms with Crippen molar-refractivity contribution in [2.24, 2.45) is 4.99 Å². The summed E-state index contributed by atoms with van der Waals surface area (Å²) in [6, 6.07) is 0. The Kier molecular flexibility index (Phi) is 2.70. The second-order valence-electron chi connectivity index (χ2n) is 1.11. The van der Waals surface area contributed by atoms with Crippen LogP contribution in [0.5, 0.6) is 0 Å². The molecule has 0 radical (unpaired) electrons. The van der Waals surface area contributed by atoms with Crippen LogP contribution in [0.15, 0.2) is 16.8 Å². The zero-order valence-electron chi connectivity index (χ0n) is 4.31. The predicted octanol–water partition coefficient (Wildman–Crippen LogP) is 1.22. The monoisotopic (exact) mass is 93.1 g/mol. The molecule has 0 aromatic carbocycles. The van der Waals surface area contributed by atoms with Crippen molar-refractivity contribution in [2.45, 2.75) is 6.92 Å². The van der Waals surface area contributed by atoms with Gasteiger partial charge >= 0.3 is 0 Å². The van der Waals surface area contributed by atoms with Crippen molar-refractivity contribution < 1.29 is 0 Å². The summed E-state index contributed by atoms with van der Waals surface area (Å²) in [6.45, 7) is 5.06. The molecule has 0 saturated heterocycles. The summed E-state index contributed by atoms with van der Waals surface area (Å²) >= 11 is 0. The summed E-state index contributed by atoms with van der Waals surface area (Å²) in [5.41, 5.74) is 0.780. The smallest absolute Gasteiger partial charge is 0.0448 e. The molecule has 0 aliphatic carbocycles. The van der Waals surface area contributed by atoms with Crippen LogP contribution in [0.3, 0.4) is 0 Å². The molecule has 36 valence electrons. The Bertz CT molecular complexity index is 126. The highest BCUT2D eigenvalue weighted by Gasteiger charge is 1.70. The number of hydrogen-bond donors (Lipinski definition) is 0. The maximum Gasteiger partial charge on any atom is 0.0448 e. The van der Waals surface area contributed by atoms with Gasteiger partial charge in [0, 0.05) is 11.8 Å². The molecule has 0 aliphatic heterocycles. The van der Waals surface area contributed by atoms with E-state index < -0.39 is 0 Å². The maximum absolute atomic E-state index is 4.89. The Hall–Kier alpha value is -1.03. The van der Waals surface area contributed by atoms with Crippen molar-refractivity contribution >= 4 is 6.72 Å². The molecule has 7 heavy (non-hydrogen) atoms. The Labute approximate surface area is 43.8 Å². The van der Waals surface area contributed by atoms with Gasteiger partial charge in [-0.15, -0.1) is 6.42 Å². The van der Waals surface area contributed by atoms with Crippen LogP contribution in [0.25, 0.3) is 0 Å². The van der Waals surface area contributed by atoms with Gasteiger partial charge in [-0.1, -0.05) is 5.92 Å². The van der Waals surface area contributed by atoms with E-state index in [-0.39, 0.29) is 0 Å². The molecule has 0 aliphatic rings. The number of rotatable bonds is 1. The van der Waals surface area contributed by atoms with Crippen LogP contribution in [0.2, 0.25) is 0 Å². The first kappa shape index (κ1) is 5.97. The van der Waals surface area contributed by atoms with Crippen LogP contribution in [-0.2, 0) is 0 Å². The molecule has 0 spiro atoms. The number of aliphatic imine (C=N–C) groups is 1. The standard InChI is InChI=1S/C6H7N/c1-4-5-6(2)7-3/h1,5H,3H2,2H3/b6-5-. The third-order valence-electron chi connectivity index (χ3n) is 0.542. The highest BCUT2D eigenvalue weighted by Crippen LogP contribution is 1.87. The minimum atomic E-state index is 0.780. The first-order valence-corrected chi connectivity index (χ1v) is 1.91. The molecule has 0 aromatic heterocycles. The Morgan fingerprint density at radius 2 is 2.57 bits per heavy atom. The fourth-order valence-corrected chi connectivity index (χ4v) is 0.166. The fraction of sp³-hybridized carbons (Fsp3) is 0.167. The molecule has 0 unspecified atom stereocenters. The molecular formula is C6H7N. The van der Waals surface area contributed by atoms with Crippen molar-refractivity contribution in [1.82, 2.24) is 0 Å². The highest BCUT2D eigenvalue weighted by atomic mass is 14.7. The van der Waals surface area contributed by atoms with Gasteiger partial charge in [-0.2, -0.15) is 0 Å². The highest BCUT2D eigenvalue weighted by molar-refractivity contribution is 5.30. The van der Waals surface area contributed by atoms with E-state index in [0.717, 1.165) is 5.70 Å². The van der Waals surface area contributed by atoms with E-state index >= 15 is 0 Å². The van der Waals surface area contributed by atoms with Crippen LogP contribution < -0.4 is 0 Å². The Balaban J connectivity index is 3.80. The lowest BCUT2D eigenvalue weighted by molar-refractivity contribution is 1.33. The third kappa shape index (κ3) is 2.78. The average molecular weight is 93.1 g/mol. The molecule has 0 N–H and O–H groups in total. The minimum absolute atomic E-state index is 0.780. The topological polar surface area (TPSA) is 12.4 Å². The average Bonchev–Trinajstić information content (AvgIpc) is 1.68. The third-order valence-corrected chi connectivity index (χ3v) is 0.542. The molecule has 0 rings (SSSR count). The zero-order valence-corrected chi connectivity index (χ0v) is 4.31. The first-order valence-electron chi connectivity index (χ1n) is 1.91. The Morgan fingerprint density at radius 3 is 2.71 bits per heavy atom. The van der Waals surface area contributed by atoms with Gasteiger partial charge in [-0.3, -0.25) is 4.99 Å². The van der Waals surface area contributed by atoms with Crippen molar-refractivity contribution in [3.63, 3.8) is 0 Å². The van der Waals surface area contributed by atoms with Crippen LogP contribution in [0, 0.1) is 12.3 Å². The van der Waals surface area contributed by atoms with Gasteiger partial charge < -0.3 is 0 Å². The number of terminal acetylenes is 1. The molecule has 0 saturated carbocycles. The first-order chi connectivity index (χ1) is 3.31. The van der Waals surface area contributed by atoms with E-state index in [9.17, 15) is 0 Å². The van der Waals surface area contributed by atoms with Crippen molar-refractivity contribution in [1.29, 1.82) is 0 Å². The predicted molar refractivity (Wildman–Crippen MR) is 32.1 cm³/mol. The van der Waals surface area contributed by atoms with Gasteiger partial charge in [0.25, 0.3) is 0 Å². The number of hydrogen-bond acceptors (Lipinski definition) is 1. The van der Waals surface area contributed by atoms with Gasteiger partial charge in [-0.25, -0.2) is 0 Å². The fourth-order valence-electron chi connectivity index (χ4n) is 0.166. The summed E-state index contributed by atoms with van der Waals surface area (Å²) in [5, 5.41) is 0. The van der Waals surface area contributed by atoms with Gasteiger partial charge in [0.05, 0.1) is 0 Å². The second kappa shape index (κ2) is 3.17. The van der Waals surface area contributed by atoms with Gasteiger partial charge in [0.1, 0.15) is 0 Å². The van der Waals surface area contributed by atoms with Crippen LogP contribution >= 0.6 is 0 Å². The van der Waals surface area contributed by atoms with Crippen LogP contribution in [0.4, 0.5) is 0 Å². The van der Waals surface area contributed by atoms with E-state index in [1.165, 1.54) is 0 Å². The zero-order chi connectivity index (χ0) is 5.70. The van der Waals surface area contributed by atoms with Crippen LogP contribution in [-0.4, -0.2) is 6.72 Å². The lowest BCUT2D eigenvalue weighted by atomic mass is 10.5. The molecule has 0 aromatic rings. The van der Waals surface area contributed by atoms with Gasteiger partial charge in [-0.05, 0) is 13.6 Å². The molecule has 0 fully saturated rings. The molecule has 1 heteroatoms. The minimum Gasteiger partial charge on any atom is -0.269 e. The summed E-state index contributed by atoms with van der Waals surface area (Å²) < 4.78 is 0. The van der Waals surface area contributed by atoms with Crippen LogP contribution in [0.1, 0.15) is 6.92 Å². The van der Waals surface area contributed by atoms with E-state index in [1.807, 2.05) is 0 Å². The summed E-state index contributed by atoms with van der Waals surface area (Å²) in [4.78, 5) is 3.55.